The molecule has 0 bridgehead atoms. The first-order chi connectivity index (χ1) is 10.0. The molecule has 1 aromatic rings. The van der Waals surface area contributed by atoms with E-state index in [0.717, 1.165) is 24.8 Å². The average molecular weight is 293 g/mol. The van der Waals surface area contributed by atoms with Crippen LogP contribution in [0, 0.1) is 17.0 Å². The van der Waals surface area contributed by atoms with Gasteiger partial charge in [-0.2, -0.15) is 0 Å². The third-order valence-corrected chi connectivity index (χ3v) is 3.71. The molecule has 21 heavy (non-hydrogen) atoms. The van der Waals surface area contributed by atoms with E-state index in [-0.39, 0.29) is 24.1 Å². The van der Waals surface area contributed by atoms with Crippen LogP contribution in [0.2, 0.25) is 0 Å². The lowest BCUT2D eigenvalue weighted by atomic mass is 9.99. The first-order valence-electron chi connectivity index (χ1n) is 6.97. The molecule has 1 unspecified atom stereocenters. The standard InChI is InChI=1S/C14H19N3O4/c1-10-7-12(17(19)20)14(15-9-10)16-6-4-3-5-11(16)8-13(18)21-2/h7,9,11H,3-6,8H2,1-2H3. The van der Waals surface area contributed by atoms with Crippen molar-refractivity contribution >= 4 is 17.5 Å². The average Bonchev–Trinajstić information content (AvgIpc) is 2.47. The number of methoxy groups -OCH3 is 1. The summed E-state index contributed by atoms with van der Waals surface area (Å²) in [6, 6.07) is 1.42. The third kappa shape index (κ3) is 3.48. The molecular weight excluding hydrogens is 274 g/mol. The highest BCUT2D eigenvalue weighted by molar-refractivity contribution is 5.71. The van der Waals surface area contributed by atoms with E-state index in [0.29, 0.717) is 12.4 Å². The Morgan fingerprint density at radius 1 is 1.57 bits per heavy atom. The molecule has 2 heterocycles. The van der Waals surface area contributed by atoms with Crippen molar-refractivity contribution in [2.75, 3.05) is 18.6 Å². The molecule has 0 radical (unpaired) electrons. The highest BCUT2D eigenvalue weighted by atomic mass is 16.6. The Kier molecular flexibility index (Phi) is 4.72. The van der Waals surface area contributed by atoms with Gasteiger partial charge in [0.2, 0.25) is 5.82 Å². The summed E-state index contributed by atoms with van der Waals surface area (Å²) in [5.74, 6) is 0.0425. The van der Waals surface area contributed by atoms with Gasteiger partial charge >= 0.3 is 11.7 Å². The number of carbonyl (C=O) groups excluding carboxylic acids is 1. The van der Waals surface area contributed by atoms with Gasteiger partial charge in [0, 0.05) is 24.8 Å². The van der Waals surface area contributed by atoms with Crippen LogP contribution in [0.25, 0.3) is 0 Å². The quantitative estimate of drug-likeness (QED) is 0.480. The number of nitrogens with zero attached hydrogens (tertiary/aromatic N) is 3. The summed E-state index contributed by atoms with van der Waals surface area (Å²) in [7, 11) is 1.35. The first-order valence-corrected chi connectivity index (χ1v) is 6.97. The summed E-state index contributed by atoms with van der Waals surface area (Å²) in [5.41, 5.74) is 0.735. The van der Waals surface area contributed by atoms with E-state index in [4.69, 9.17) is 4.74 Å². The molecule has 0 saturated carbocycles. The summed E-state index contributed by atoms with van der Waals surface area (Å²) in [6.07, 6.45) is 4.58. The van der Waals surface area contributed by atoms with Crippen molar-refractivity contribution in [1.82, 2.24) is 4.98 Å². The number of carbonyl (C=O) groups is 1. The van der Waals surface area contributed by atoms with E-state index in [2.05, 4.69) is 4.98 Å². The molecule has 0 amide bonds. The monoisotopic (exact) mass is 293 g/mol. The second-order valence-electron chi connectivity index (χ2n) is 5.24. The second kappa shape index (κ2) is 6.51. The van der Waals surface area contributed by atoms with Gasteiger partial charge in [-0.1, -0.05) is 0 Å². The van der Waals surface area contributed by atoms with Crippen molar-refractivity contribution < 1.29 is 14.5 Å². The van der Waals surface area contributed by atoms with Gasteiger partial charge in [-0.3, -0.25) is 14.9 Å². The maximum absolute atomic E-state index is 11.5. The summed E-state index contributed by atoms with van der Waals surface area (Å²) in [5, 5.41) is 11.2. The largest absolute Gasteiger partial charge is 0.469 e. The smallest absolute Gasteiger partial charge is 0.311 e. The fraction of sp³-hybridized carbons (Fsp3) is 0.571. The van der Waals surface area contributed by atoms with Crippen molar-refractivity contribution in [3.63, 3.8) is 0 Å². The van der Waals surface area contributed by atoms with Gasteiger partial charge in [0.15, 0.2) is 0 Å². The lowest BCUT2D eigenvalue weighted by molar-refractivity contribution is -0.384. The highest BCUT2D eigenvalue weighted by Crippen LogP contribution is 2.32. The van der Waals surface area contributed by atoms with Crippen LogP contribution in [0.1, 0.15) is 31.2 Å². The number of piperidine rings is 1. The van der Waals surface area contributed by atoms with Crippen LogP contribution < -0.4 is 4.90 Å². The van der Waals surface area contributed by atoms with E-state index < -0.39 is 4.92 Å². The second-order valence-corrected chi connectivity index (χ2v) is 5.24. The fourth-order valence-corrected chi connectivity index (χ4v) is 2.67. The van der Waals surface area contributed by atoms with Crippen molar-refractivity contribution in [2.45, 2.75) is 38.6 Å². The van der Waals surface area contributed by atoms with Gasteiger partial charge in [0.1, 0.15) is 0 Å². The molecule has 0 aliphatic carbocycles. The van der Waals surface area contributed by atoms with Gasteiger partial charge in [-0.05, 0) is 31.7 Å². The van der Waals surface area contributed by atoms with Gasteiger partial charge in [-0.15, -0.1) is 0 Å². The zero-order valence-corrected chi connectivity index (χ0v) is 12.2. The van der Waals surface area contributed by atoms with Gasteiger partial charge < -0.3 is 9.64 Å². The van der Waals surface area contributed by atoms with E-state index in [1.807, 2.05) is 4.90 Å². The van der Waals surface area contributed by atoms with Crippen LogP contribution in [0.5, 0.6) is 0 Å². The zero-order chi connectivity index (χ0) is 15.4. The minimum Gasteiger partial charge on any atom is -0.469 e. The Labute approximate surface area is 123 Å². The van der Waals surface area contributed by atoms with Gasteiger partial charge in [0.25, 0.3) is 0 Å². The lowest BCUT2D eigenvalue weighted by Gasteiger charge is -2.35. The number of hydrogen-bond acceptors (Lipinski definition) is 6. The van der Waals surface area contributed by atoms with Crippen LogP contribution in [0.3, 0.4) is 0 Å². The third-order valence-electron chi connectivity index (χ3n) is 3.71. The van der Waals surface area contributed by atoms with Gasteiger partial charge in [-0.25, -0.2) is 4.98 Å². The molecule has 1 aliphatic heterocycles. The minimum absolute atomic E-state index is 0.00762. The topological polar surface area (TPSA) is 85.6 Å². The Hall–Kier alpha value is -2.18. The molecule has 0 spiro atoms. The minimum atomic E-state index is -0.418. The molecular formula is C14H19N3O4. The maximum atomic E-state index is 11.5. The Balaban J connectivity index is 2.33. The summed E-state index contributed by atoms with van der Waals surface area (Å²) >= 11 is 0. The lowest BCUT2D eigenvalue weighted by Crippen LogP contribution is -2.42. The summed E-state index contributed by atoms with van der Waals surface area (Å²) < 4.78 is 4.71. The number of hydrogen-bond donors (Lipinski definition) is 0. The highest BCUT2D eigenvalue weighted by Gasteiger charge is 2.31. The number of pyridine rings is 1. The predicted molar refractivity (Wildman–Crippen MR) is 77.2 cm³/mol. The number of esters is 1. The molecule has 1 saturated heterocycles. The molecule has 2 rings (SSSR count). The number of ether oxygens (including phenoxy) is 1. The molecule has 0 N–H and O–H groups in total. The van der Waals surface area contributed by atoms with Crippen LogP contribution in [-0.4, -0.2) is 35.6 Å². The SMILES string of the molecule is COC(=O)CC1CCCCN1c1ncc(C)cc1[N+](=O)[O-]. The maximum Gasteiger partial charge on any atom is 0.311 e. The number of aromatic nitrogens is 1. The van der Waals surface area contributed by atoms with Gasteiger partial charge in [0.05, 0.1) is 18.5 Å². The number of rotatable bonds is 4. The molecule has 1 aromatic heterocycles. The Morgan fingerprint density at radius 2 is 2.33 bits per heavy atom. The molecule has 1 fully saturated rings. The first kappa shape index (κ1) is 15.2. The molecule has 0 aromatic carbocycles. The number of aryl methyl sites for hydroxylation is 1. The van der Waals surface area contributed by atoms with Crippen molar-refractivity contribution in [1.29, 1.82) is 0 Å². The van der Waals surface area contributed by atoms with Crippen molar-refractivity contribution in [3.05, 3.63) is 27.9 Å². The number of nitro groups is 1. The Morgan fingerprint density at radius 3 is 3.00 bits per heavy atom. The number of anilines is 1. The molecule has 114 valence electrons. The predicted octanol–water partition coefficient (Wildman–Crippen LogP) is 2.22. The van der Waals surface area contributed by atoms with E-state index in [1.165, 1.54) is 13.2 Å². The van der Waals surface area contributed by atoms with Crippen LogP contribution in [-0.2, 0) is 9.53 Å². The summed E-state index contributed by atoms with van der Waals surface area (Å²) in [4.78, 5) is 28.5. The van der Waals surface area contributed by atoms with Crippen LogP contribution in [0.4, 0.5) is 11.5 Å². The van der Waals surface area contributed by atoms with Crippen LogP contribution >= 0.6 is 0 Å². The van der Waals surface area contributed by atoms with Crippen molar-refractivity contribution in [2.24, 2.45) is 0 Å². The zero-order valence-electron chi connectivity index (χ0n) is 12.2. The molecule has 1 atom stereocenters. The van der Waals surface area contributed by atoms with E-state index in [9.17, 15) is 14.9 Å². The fourth-order valence-electron chi connectivity index (χ4n) is 2.67. The molecule has 7 nitrogen and oxygen atoms in total. The van der Waals surface area contributed by atoms with Crippen molar-refractivity contribution in [3.8, 4) is 0 Å². The molecule has 1 aliphatic rings. The Bertz CT molecular complexity index is 547. The normalized spacial score (nSPS) is 18.4. The van der Waals surface area contributed by atoms with E-state index in [1.54, 1.807) is 13.1 Å². The molecule has 7 heteroatoms. The summed E-state index contributed by atoms with van der Waals surface area (Å²) in [6.45, 7) is 2.43. The van der Waals surface area contributed by atoms with E-state index >= 15 is 0 Å². The van der Waals surface area contributed by atoms with Crippen LogP contribution in [0.15, 0.2) is 12.3 Å².